The molecule has 1 N–H and O–H groups in total. The van der Waals surface area contributed by atoms with Gasteiger partial charge in [-0.2, -0.15) is 11.3 Å². The molecule has 1 aromatic heterocycles. The Labute approximate surface area is 116 Å². The predicted molar refractivity (Wildman–Crippen MR) is 76.6 cm³/mol. The first-order valence-corrected chi connectivity index (χ1v) is 8.00. The summed E-state index contributed by atoms with van der Waals surface area (Å²) < 4.78 is 7.20. The van der Waals surface area contributed by atoms with E-state index in [1.54, 1.807) is 11.3 Å². The average Bonchev–Trinajstić information content (AvgIpc) is 2.90. The van der Waals surface area contributed by atoms with Crippen molar-refractivity contribution in [1.29, 1.82) is 0 Å². The van der Waals surface area contributed by atoms with E-state index in [1.807, 2.05) is 0 Å². The summed E-state index contributed by atoms with van der Waals surface area (Å²) in [5.41, 5.74) is 1.28. The summed E-state index contributed by atoms with van der Waals surface area (Å²) in [6, 6.07) is 0.297. The third-order valence-corrected chi connectivity index (χ3v) is 5.16. The van der Waals surface area contributed by atoms with E-state index in [2.05, 4.69) is 45.9 Å². The number of thiophene rings is 1. The molecule has 2 atom stereocenters. The Balaban J connectivity index is 2.21. The number of hydrogen-bond donors (Lipinski definition) is 1. The number of rotatable bonds is 5. The van der Waals surface area contributed by atoms with Crippen molar-refractivity contribution in [3.05, 3.63) is 20.8 Å². The molecule has 0 spiro atoms. The molecule has 1 aliphatic heterocycles. The van der Waals surface area contributed by atoms with Gasteiger partial charge in [0, 0.05) is 16.5 Å². The van der Waals surface area contributed by atoms with Crippen molar-refractivity contribution < 1.29 is 4.74 Å². The fourth-order valence-corrected chi connectivity index (χ4v) is 4.02. The molecule has 0 aromatic carbocycles. The molecule has 1 saturated heterocycles. The smallest absolute Gasteiger partial charge is 0.0849 e. The van der Waals surface area contributed by atoms with Gasteiger partial charge in [-0.15, -0.1) is 0 Å². The van der Waals surface area contributed by atoms with Crippen LogP contribution in [0.15, 0.2) is 15.2 Å². The zero-order valence-electron chi connectivity index (χ0n) is 10.5. The second-order valence-corrected chi connectivity index (χ2v) is 6.42. The predicted octanol–water partition coefficient (Wildman–Crippen LogP) is 4.12. The topological polar surface area (TPSA) is 21.3 Å². The van der Waals surface area contributed by atoms with E-state index in [0.29, 0.717) is 6.04 Å². The van der Waals surface area contributed by atoms with E-state index in [1.165, 1.54) is 16.5 Å². The van der Waals surface area contributed by atoms with Crippen LogP contribution >= 0.6 is 27.3 Å². The van der Waals surface area contributed by atoms with Crippen LogP contribution in [0.1, 0.15) is 44.7 Å². The second kappa shape index (κ2) is 5.83. The Morgan fingerprint density at radius 2 is 2.41 bits per heavy atom. The van der Waals surface area contributed by atoms with Gasteiger partial charge in [-0.25, -0.2) is 0 Å². The molecule has 2 rings (SSSR count). The minimum Gasteiger partial charge on any atom is -0.373 e. The number of ether oxygens (including phenoxy) is 1. The van der Waals surface area contributed by atoms with E-state index >= 15 is 0 Å². The molecule has 0 bridgehead atoms. The van der Waals surface area contributed by atoms with Crippen LogP contribution in [0.5, 0.6) is 0 Å². The second-order valence-electron chi connectivity index (χ2n) is 4.83. The third kappa shape index (κ3) is 2.92. The van der Waals surface area contributed by atoms with Crippen molar-refractivity contribution in [3.8, 4) is 0 Å². The maximum atomic E-state index is 6.00. The highest BCUT2D eigenvalue weighted by Crippen LogP contribution is 2.40. The molecule has 2 nitrogen and oxygen atoms in total. The van der Waals surface area contributed by atoms with Crippen molar-refractivity contribution in [3.63, 3.8) is 0 Å². The number of hydrogen-bond acceptors (Lipinski definition) is 3. The maximum absolute atomic E-state index is 6.00. The Hall–Kier alpha value is 0.1000. The molecule has 17 heavy (non-hydrogen) atoms. The molecule has 0 aliphatic carbocycles. The highest BCUT2D eigenvalue weighted by atomic mass is 79.9. The quantitative estimate of drug-likeness (QED) is 0.882. The normalized spacial score (nSPS) is 26.3. The van der Waals surface area contributed by atoms with E-state index in [-0.39, 0.29) is 5.60 Å². The molecular weight excluding hydrogens is 298 g/mol. The van der Waals surface area contributed by atoms with Crippen LogP contribution in [0.2, 0.25) is 0 Å². The van der Waals surface area contributed by atoms with Gasteiger partial charge in [-0.05, 0) is 59.6 Å². The lowest BCUT2D eigenvalue weighted by Crippen LogP contribution is -2.41. The van der Waals surface area contributed by atoms with Crippen molar-refractivity contribution in [2.45, 2.75) is 44.8 Å². The summed E-state index contributed by atoms with van der Waals surface area (Å²) in [5, 5.41) is 8.02. The van der Waals surface area contributed by atoms with Gasteiger partial charge in [-0.1, -0.05) is 6.92 Å². The van der Waals surface area contributed by atoms with Crippen molar-refractivity contribution in [1.82, 2.24) is 5.32 Å². The molecule has 2 unspecified atom stereocenters. The summed E-state index contributed by atoms with van der Waals surface area (Å²) in [4.78, 5) is 0. The summed E-state index contributed by atoms with van der Waals surface area (Å²) in [6.45, 7) is 6.36. The SMILES string of the molecule is CCCNC(c1cscc1Br)C1(C)CCCO1. The molecule has 0 saturated carbocycles. The highest BCUT2D eigenvalue weighted by molar-refractivity contribution is 9.10. The lowest BCUT2D eigenvalue weighted by molar-refractivity contribution is -0.0125. The lowest BCUT2D eigenvalue weighted by Gasteiger charge is -2.34. The van der Waals surface area contributed by atoms with Gasteiger partial charge in [0.05, 0.1) is 11.6 Å². The highest BCUT2D eigenvalue weighted by Gasteiger charge is 2.39. The molecule has 4 heteroatoms. The number of nitrogens with one attached hydrogen (secondary N) is 1. The minimum absolute atomic E-state index is 0.0568. The number of halogens is 1. The first-order valence-electron chi connectivity index (χ1n) is 6.26. The van der Waals surface area contributed by atoms with Gasteiger partial charge in [0.15, 0.2) is 0 Å². The Morgan fingerprint density at radius 3 is 2.94 bits per heavy atom. The molecule has 0 radical (unpaired) electrons. The minimum atomic E-state index is -0.0568. The monoisotopic (exact) mass is 317 g/mol. The standard InChI is InChI=1S/C13H20BrNOS/c1-3-6-15-12(10-8-17-9-11(10)14)13(2)5-4-7-16-13/h8-9,12,15H,3-7H2,1-2H3. The van der Waals surface area contributed by atoms with Gasteiger partial charge in [0.25, 0.3) is 0 Å². The molecule has 1 fully saturated rings. The summed E-state index contributed by atoms with van der Waals surface area (Å²) in [7, 11) is 0. The van der Waals surface area contributed by atoms with Crippen LogP contribution in [-0.4, -0.2) is 18.8 Å². The fraction of sp³-hybridized carbons (Fsp3) is 0.692. The zero-order valence-corrected chi connectivity index (χ0v) is 12.9. The largest absolute Gasteiger partial charge is 0.373 e. The summed E-state index contributed by atoms with van der Waals surface area (Å²) in [6.07, 6.45) is 3.45. The maximum Gasteiger partial charge on any atom is 0.0849 e. The van der Waals surface area contributed by atoms with Gasteiger partial charge >= 0.3 is 0 Å². The zero-order chi connectivity index (χ0) is 12.3. The molecule has 1 aliphatic rings. The van der Waals surface area contributed by atoms with Gasteiger partial charge < -0.3 is 10.1 Å². The Kier molecular flexibility index (Phi) is 4.64. The summed E-state index contributed by atoms with van der Waals surface area (Å²) in [5.74, 6) is 0. The van der Waals surface area contributed by atoms with Gasteiger partial charge in [0.1, 0.15) is 0 Å². The first-order chi connectivity index (χ1) is 8.17. The molecular formula is C13H20BrNOS. The van der Waals surface area contributed by atoms with E-state index in [9.17, 15) is 0 Å². The van der Waals surface area contributed by atoms with Crippen molar-refractivity contribution in [2.75, 3.05) is 13.2 Å². The lowest BCUT2D eigenvalue weighted by atomic mass is 9.89. The Bertz CT molecular complexity index is 360. The molecule has 2 heterocycles. The van der Waals surface area contributed by atoms with Crippen molar-refractivity contribution >= 4 is 27.3 Å². The van der Waals surface area contributed by atoms with Gasteiger partial charge in [0.2, 0.25) is 0 Å². The first kappa shape index (κ1) is 13.5. The van der Waals surface area contributed by atoms with Crippen LogP contribution in [0.3, 0.4) is 0 Å². The summed E-state index contributed by atoms with van der Waals surface area (Å²) >= 11 is 5.39. The van der Waals surface area contributed by atoms with Crippen LogP contribution in [0.25, 0.3) is 0 Å². The van der Waals surface area contributed by atoms with Crippen LogP contribution in [0, 0.1) is 0 Å². The fourth-order valence-electron chi connectivity index (χ4n) is 2.47. The van der Waals surface area contributed by atoms with Crippen LogP contribution in [0.4, 0.5) is 0 Å². The van der Waals surface area contributed by atoms with Crippen LogP contribution in [-0.2, 0) is 4.74 Å². The van der Waals surface area contributed by atoms with E-state index in [4.69, 9.17) is 4.74 Å². The average molecular weight is 318 g/mol. The molecule has 1 aromatic rings. The van der Waals surface area contributed by atoms with Crippen molar-refractivity contribution in [2.24, 2.45) is 0 Å². The molecule has 0 amide bonds. The molecule has 96 valence electrons. The van der Waals surface area contributed by atoms with Crippen LogP contribution < -0.4 is 5.32 Å². The Morgan fingerprint density at radius 1 is 1.59 bits per heavy atom. The van der Waals surface area contributed by atoms with E-state index in [0.717, 1.165) is 26.0 Å². The van der Waals surface area contributed by atoms with Gasteiger partial charge in [-0.3, -0.25) is 0 Å². The third-order valence-electron chi connectivity index (χ3n) is 3.41. The van der Waals surface area contributed by atoms with E-state index < -0.39 is 0 Å².